The van der Waals surface area contributed by atoms with Gasteiger partial charge in [-0.15, -0.1) is 0 Å². The fourth-order valence-corrected chi connectivity index (χ4v) is 6.22. The molecule has 0 atom stereocenters. The van der Waals surface area contributed by atoms with Gasteiger partial charge >= 0.3 is 0 Å². The van der Waals surface area contributed by atoms with Crippen LogP contribution in [0.15, 0.2) is 40.9 Å². The molecule has 3 aromatic rings. The number of amides is 1. The van der Waals surface area contributed by atoms with Crippen LogP contribution in [0.2, 0.25) is 0 Å². The van der Waals surface area contributed by atoms with Crippen LogP contribution >= 0.6 is 0 Å². The van der Waals surface area contributed by atoms with Gasteiger partial charge in [-0.1, -0.05) is 43.3 Å². The van der Waals surface area contributed by atoms with Gasteiger partial charge in [0.2, 0.25) is 11.8 Å². The third kappa shape index (κ3) is 5.60. The number of phenolic OH excluding ortho intramolecular Hbond substituents is 2. The third-order valence-corrected chi connectivity index (χ3v) is 8.76. The molecule has 1 saturated carbocycles. The minimum atomic E-state index is -0.0922. The second-order valence-corrected chi connectivity index (χ2v) is 12.0. The summed E-state index contributed by atoms with van der Waals surface area (Å²) in [5, 5.41) is 28.4. The Hall–Kier alpha value is -3.36. The highest BCUT2D eigenvalue weighted by Crippen LogP contribution is 2.44. The molecule has 1 aromatic heterocycles. The lowest BCUT2D eigenvalue weighted by Gasteiger charge is -2.36. The molecule has 0 radical (unpaired) electrons. The smallest absolute Gasteiger partial charge is 0.239 e. The van der Waals surface area contributed by atoms with Gasteiger partial charge in [0.05, 0.1) is 5.56 Å². The molecule has 1 amide bonds. The van der Waals surface area contributed by atoms with E-state index in [1.54, 1.807) is 6.07 Å². The highest BCUT2D eigenvalue weighted by atomic mass is 16.5. The first-order valence-corrected chi connectivity index (χ1v) is 14.8. The molecule has 8 heteroatoms. The van der Waals surface area contributed by atoms with E-state index in [0.717, 1.165) is 44.1 Å². The zero-order valence-corrected chi connectivity index (χ0v) is 23.5. The third-order valence-electron chi connectivity index (χ3n) is 8.76. The lowest BCUT2D eigenvalue weighted by atomic mass is 9.94. The molecular weight excluding hydrogens is 504 g/mol. The SMILES string of the molecule is CC(C)c1cc(-c2noc(NC(=O)C3CC3)c2-c2ccc(CN3CCC(N4CCCC4)CC3)cc2)c(O)cc1O. The maximum absolute atomic E-state index is 12.7. The lowest BCUT2D eigenvalue weighted by Crippen LogP contribution is -2.43. The second kappa shape index (κ2) is 11.3. The number of anilines is 1. The van der Waals surface area contributed by atoms with Crippen molar-refractivity contribution in [2.45, 2.75) is 70.9 Å². The largest absolute Gasteiger partial charge is 0.508 e. The Morgan fingerprint density at radius 3 is 2.35 bits per heavy atom. The van der Waals surface area contributed by atoms with E-state index < -0.39 is 0 Å². The van der Waals surface area contributed by atoms with E-state index in [-0.39, 0.29) is 35.1 Å². The van der Waals surface area contributed by atoms with Crippen LogP contribution in [0.5, 0.6) is 11.5 Å². The Kier molecular flexibility index (Phi) is 7.55. The number of carbonyl (C=O) groups excluding carboxylic acids is 1. The van der Waals surface area contributed by atoms with Crippen LogP contribution in [0.4, 0.5) is 5.88 Å². The molecule has 8 nitrogen and oxygen atoms in total. The number of aromatic hydroxyl groups is 2. The van der Waals surface area contributed by atoms with E-state index in [4.69, 9.17) is 4.52 Å². The number of nitrogens with zero attached hydrogens (tertiary/aromatic N) is 3. The monoisotopic (exact) mass is 544 g/mol. The standard InChI is InChI=1S/C32H40N4O4/c1-20(2)25-17-26(28(38)18-27(25)37)30-29(32(40-34-30)33-31(39)23-9-10-23)22-7-5-21(6-8-22)19-35-15-11-24(12-16-35)36-13-3-4-14-36/h5-8,17-18,20,23-24,37-38H,3-4,9-16,19H2,1-2H3,(H,33,39). The zero-order chi connectivity index (χ0) is 27.8. The molecule has 1 aliphatic carbocycles. The van der Waals surface area contributed by atoms with Crippen molar-refractivity contribution < 1.29 is 19.5 Å². The van der Waals surface area contributed by atoms with Gasteiger partial charge in [-0.05, 0) is 93.4 Å². The van der Waals surface area contributed by atoms with Crippen LogP contribution in [-0.4, -0.2) is 63.3 Å². The second-order valence-electron chi connectivity index (χ2n) is 12.0. The van der Waals surface area contributed by atoms with Gasteiger partial charge < -0.3 is 19.6 Å². The van der Waals surface area contributed by atoms with Crippen molar-refractivity contribution in [1.29, 1.82) is 0 Å². The normalized spacial score (nSPS) is 19.0. The summed E-state index contributed by atoms with van der Waals surface area (Å²) in [6, 6.07) is 12.2. The first-order valence-electron chi connectivity index (χ1n) is 14.8. The number of piperidine rings is 1. The average molecular weight is 545 g/mol. The average Bonchev–Trinajstić information content (AvgIpc) is 3.50. The van der Waals surface area contributed by atoms with E-state index in [1.165, 1.54) is 50.4 Å². The molecule has 3 N–H and O–H groups in total. The Morgan fingerprint density at radius 1 is 1.00 bits per heavy atom. The first kappa shape index (κ1) is 26.8. The van der Waals surface area contributed by atoms with Crippen molar-refractivity contribution in [2.75, 3.05) is 31.5 Å². The van der Waals surface area contributed by atoms with Gasteiger partial charge in [0.25, 0.3) is 0 Å². The van der Waals surface area contributed by atoms with E-state index in [1.807, 2.05) is 26.0 Å². The number of carbonyl (C=O) groups is 1. The van der Waals surface area contributed by atoms with Crippen molar-refractivity contribution >= 4 is 11.8 Å². The van der Waals surface area contributed by atoms with Crippen LogP contribution in [0, 0.1) is 5.92 Å². The summed E-state index contributed by atoms with van der Waals surface area (Å²) < 4.78 is 5.67. The van der Waals surface area contributed by atoms with Crippen LogP contribution < -0.4 is 5.32 Å². The molecule has 3 aliphatic rings. The van der Waals surface area contributed by atoms with Gasteiger partial charge in [0.15, 0.2) is 0 Å². The molecule has 6 rings (SSSR count). The minimum absolute atomic E-state index is 0.00741. The summed E-state index contributed by atoms with van der Waals surface area (Å²) in [5.41, 5.74) is 4.30. The number of aromatic nitrogens is 1. The van der Waals surface area contributed by atoms with Crippen LogP contribution in [0.3, 0.4) is 0 Å². The molecule has 2 aromatic carbocycles. The molecule has 0 spiro atoms. The number of hydrogen-bond acceptors (Lipinski definition) is 7. The lowest BCUT2D eigenvalue weighted by molar-refractivity contribution is -0.117. The Labute approximate surface area is 236 Å². The zero-order valence-electron chi connectivity index (χ0n) is 23.5. The number of likely N-dealkylation sites (tertiary alicyclic amines) is 2. The summed E-state index contributed by atoms with van der Waals surface area (Å²) in [6.07, 6.45) is 6.92. The van der Waals surface area contributed by atoms with Gasteiger partial charge in [0, 0.05) is 30.1 Å². The molecule has 0 unspecified atom stereocenters. The van der Waals surface area contributed by atoms with E-state index in [2.05, 4.69) is 32.4 Å². The van der Waals surface area contributed by atoms with Crippen molar-refractivity contribution in [2.24, 2.45) is 5.92 Å². The number of benzene rings is 2. The summed E-state index contributed by atoms with van der Waals surface area (Å²) in [7, 11) is 0. The molecule has 0 bridgehead atoms. The summed E-state index contributed by atoms with van der Waals surface area (Å²) >= 11 is 0. The first-order chi connectivity index (χ1) is 19.4. The van der Waals surface area contributed by atoms with Gasteiger partial charge in [0.1, 0.15) is 17.2 Å². The number of phenols is 2. The van der Waals surface area contributed by atoms with E-state index in [0.29, 0.717) is 22.4 Å². The van der Waals surface area contributed by atoms with Crippen LogP contribution in [0.1, 0.15) is 69.4 Å². The number of hydrogen-bond donors (Lipinski definition) is 3. The Balaban J connectivity index is 1.25. The van der Waals surface area contributed by atoms with Crippen molar-refractivity contribution in [1.82, 2.24) is 15.0 Å². The number of nitrogens with one attached hydrogen (secondary N) is 1. The van der Waals surface area contributed by atoms with E-state index in [9.17, 15) is 15.0 Å². The predicted molar refractivity (Wildman–Crippen MR) is 155 cm³/mol. The fourth-order valence-electron chi connectivity index (χ4n) is 6.22. The topological polar surface area (TPSA) is 102 Å². The summed E-state index contributed by atoms with van der Waals surface area (Å²) in [5.74, 6) is 0.206. The molecule has 2 saturated heterocycles. The fraction of sp³-hybridized carbons (Fsp3) is 0.500. The van der Waals surface area contributed by atoms with Crippen LogP contribution in [-0.2, 0) is 11.3 Å². The Morgan fingerprint density at radius 2 is 1.70 bits per heavy atom. The Bertz CT molecular complexity index is 1350. The van der Waals surface area contributed by atoms with E-state index >= 15 is 0 Å². The maximum atomic E-state index is 12.7. The van der Waals surface area contributed by atoms with Gasteiger partial charge in [-0.3, -0.25) is 15.0 Å². The minimum Gasteiger partial charge on any atom is -0.508 e. The molecule has 212 valence electrons. The number of rotatable bonds is 8. The van der Waals surface area contributed by atoms with Crippen LogP contribution in [0.25, 0.3) is 22.4 Å². The molecule has 3 fully saturated rings. The van der Waals surface area contributed by atoms with Gasteiger partial charge in [-0.2, -0.15) is 0 Å². The molecule has 3 heterocycles. The maximum Gasteiger partial charge on any atom is 0.239 e. The predicted octanol–water partition coefficient (Wildman–Crippen LogP) is 5.95. The molecule has 2 aliphatic heterocycles. The van der Waals surface area contributed by atoms with Gasteiger partial charge in [-0.25, -0.2) is 0 Å². The molecular formula is C32H40N4O4. The molecule has 40 heavy (non-hydrogen) atoms. The van der Waals surface area contributed by atoms with Crippen molar-refractivity contribution in [3.05, 3.63) is 47.5 Å². The highest BCUT2D eigenvalue weighted by molar-refractivity contribution is 5.99. The highest BCUT2D eigenvalue weighted by Gasteiger charge is 2.32. The van der Waals surface area contributed by atoms with Crippen molar-refractivity contribution in [3.8, 4) is 33.9 Å². The summed E-state index contributed by atoms with van der Waals surface area (Å²) in [6.45, 7) is 9.64. The summed E-state index contributed by atoms with van der Waals surface area (Å²) in [4.78, 5) is 17.9. The van der Waals surface area contributed by atoms with Crippen molar-refractivity contribution in [3.63, 3.8) is 0 Å². The quantitative estimate of drug-likeness (QED) is 0.322.